The number of rotatable bonds is 3. The van der Waals surface area contributed by atoms with Gasteiger partial charge in [0.15, 0.2) is 0 Å². The number of aliphatic imine (C=N–C) groups is 1. The molecule has 1 aliphatic heterocycles. The van der Waals surface area contributed by atoms with Crippen LogP contribution in [0.3, 0.4) is 0 Å². The first-order valence-corrected chi connectivity index (χ1v) is 8.99. The molecule has 0 bridgehead atoms. The molecule has 4 rings (SSSR count). The molecule has 0 radical (unpaired) electrons. The monoisotopic (exact) mass is 426 g/mol. The normalized spacial score (nSPS) is 15.6. The number of anilines is 1. The minimum absolute atomic E-state index is 0.221. The molecule has 2 aromatic carbocycles. The molecule has 2 heterocycles. The van der Waals surface area contributed by atoms with Crippen LogP contribution in [-0.2, 0) is 4.79 Å². The van der Waals surface area contributed by atoms with Gasteiger partial charge in [0.1, 0.15) is 17.3 Å². The van der Waals surface area contributed by atoms with Crippen molar-refractivity contribution in [2.24, 2.45) is 4.99 Å². The van der Waals surface area contributed by atoms with E-state index in [-0.39, 0.29) is 5.91 Å². The summed E-state index contributed by atoms with van der Waals surface area (Å²) in [4.78, 5) is 19.2. The Morgan fingerprint density at radius 1 is 1.04 bits per heavy atom. The van der Waals surface area contributed by atoms with Gasteiger partial charge in [-0.2, -0.15) is 0 Å². The van der Waals surface area contributed by atoms with E-state index in [2.05, 4.69) is 20.9 Å². The summed E-state index contributed by atoms with van der Waals surface area (Å²) in [6.07, 6.45) is 3.19. The van der Waals surface area contributed by atoms with Crippen LogP contribution in [0, 0.1) is 0 Å². The number of halogens is 2. The number of carbonyl (C=O) groups excluding carboxylic acids is 1. The Morgan fingerprint density at radius 3 is 2.42 bits per heavy atom. The van der Waals surface area contributed by atoms with Gasteiger partial charge >= 0.3 is 0 Å². The maximum Gasteiger partial charge on any atom is 0.282 e. The van der Waals surface area contributed by atoms with Crippen molar-refractivity contribution in [2.45, 2.75) is 0 Å². The summed E-state index contributed by atoms with van der Waals surface area (Å²) in [5.74, 6) is 0.912. The van der Waals surface area contributed by atoms with E-state index >= 15 is 0 Å². The van der Waals surface area contributed by atoms with E-state index in [1.54, 1.807) is 53.6 Å². The minimum atomic E-state index is -0.221. The molecule has 1 amide bonds. The number of hydrogen-bond acceptors (Lipinski definition) is 3. The molecular formula is C20H12BrClN2O2. The lowest BCUT2D eigenvalue weighted by Gasteiger charge is -2.18. The molecule has 0 spiro atoms. The van der Waals surface area contributed by atoms with Crippen LogP contribution in [0.5, 0.6) is 0 Å². The highest BCUT2D eigenvalue weighted by Gasteiger charge is 2.32. The third-order valence-corrected chi connectivity index (χ3v) is 4.65. The molecule has 1 aromatic heterocycles. The fraction of sp³-hybridized carbons (Fsp3) is 0. The van der Waals surface area contributed by atoms with E-state index < -0.39 is 0 Å². The molecule has 0 atom stereocenters. The molecule has 0 N–H and O–H groups in total. The summed E-state index contributed by atoms with van der Waals surface area (Å²) in [6, 6.07) is 18.3. The van der Waals surface area contributed by atoms with Gasteiger partial charge in [0.25, 0.3) is 5.91 Å². The quantitative estimate of drug-likeness (QED) is 0.516. The first kappa shape index (κ1) is 16.8. The standard InChI is InChI=1S/C20H12BrClN2O2/c21-14-5-3-13(4-6-14)19-23-18(12-17-2-1-11-26-17)20(25)24(19)16-9-7-15(22)8-10-16/h1-12H/b18-12+. The maximum absolute atomic E-state index is 13.0. The van der Waals surface area contributed by atoms with Crippen LogP contribution in [0.4, 0.5) is 5.69 Å². The molecule has 4 nitrogen and oxygen atoms in total. The first-order valence-electron chi connectivity index (χ1n) is 7.82. The zero-order valence-electron chi connectivity index (χ0n) is 13.4. The number of carbonyl (C=O) groups is 1. The highest BCUT2D eigenvalue weighted by atomic mass is 79.9. The third kappa shape index (κ3) is 3.23. The summed E-state index contributed by atoms with van der Waals surface area (Å²) in [6.45, 7) is 0. The van der Waals surface area contributed by atoms with Crippen LogP contribution in [0.1, 0.15) is 11.3 Å². The SMILES string of the molecule is O=C1/C(=C\c2ccco2)N=C(c2ccc(Br)cc2)N1c1ccc(Cl)cc1. The fourth-order valence-electron chi connectivity index (χ4n) is 2.65. The van der Waals surface area contributed by atoms with Crippen molar-refractivity contribution in [1.29, 1.82) is 0 Å². The average Bonchev–Trinajstić information content (AvgIpc) is 3.26. The average molecular weight is 428 g/mol. The third-order valence-electron chi connectivity index (χ3n) is 3.87. The van der Waals surface area contributed by atoms with Gasteiger partial charge in [0, 0.05) is 21.1 Å². The van der Waals surface area contributed by atoms with Crippen molar-refractivity contribution >= 4 is 51.0 Å². The van der Waals surface area contributed by atoms with E-state index in [0.29, 0.717) is 28.0 Å². The molecule has 6 heteroatoms. The van der Waals surface area contributed by atoms with E-state index in [0.717, 1.165) is 10.0 Å². The van der Waals surface area contributed by atoms with E-state index in [9.17, 15) is 4.79 Å². The predicted octanol–water partition coefficient (Wildman–Crippen LogP) is 5.53. The smallest absolute Gasteiger partial charge is 0.282 e. The van der Waals surface area contributed by atoms with Crippen molar-refractivity contribution in [3.05, 3.63) is 93.4 Å². The number of hydrogen-bond donors (Lipinski definition) is 0. The Hall–Kier alpha value is -2.63. The Morgan fingerprint density at radius 2 is 1.77 bits per heavy atom. The van der Waals surface area contributed by atoms with Crippen molar-refractivity contribution in [3.63, 3.8) is 0 Å². The van der Waals surface area contributed by atoms with Gasteiger partial charge in [-0.05, 0) is 48.5 Å². The van der Waals surface area contributed by atoms with Gasteiger partial charge < -0.3 is 4.42 Å². The summed E-state index contributed by atoms with van der Waals surface area (Å²) >= 11 is 9.41. The van der Waals surface area contributed by atoms with E-state index in [1.807, 2.05) is 24.3 Å². The summed E-state index contributed by atoms with van der Waals surface area (Å²) in [5, 5.41) is 0.605. The fourth-order valence-corrected chi connectivity index (χ4v) is 3.04. The van der Waals surface area contributed by atoms with Crippen molar-refractivity contribution < 1.29 is 9.21 Å². The first-order chi connectivity index (χ1) is 12.6. The van der Waals surface area contributed by atoms with E-state index in [1.165, 1.54) is 0 Å². The zero-order valence-corrected chi connectivity index (χ0v) is 15.7. The number of nitrogens with zero attached hydrogens (tertiary/aromatic N) is 2. The van der Waals surface area contributed by atoms with Gasteiger partial charge in [-0.15, -0.1) is 0 Å². The molecule has 3 aromatic rings. The Kier molecular flexibility index (Phi) is 4.49. The lowest BCUT2D eigenvalue weighted by molar-refractivity contribution is -0.113. The number of amides is 1. The predicted molar refractivity (Wildman–Crippen MR) is 106 cm³/mol. The van der Waals surface area contributed by atoms with Gasteiger partial charge in [-0.1, -0.05) is 39.7 Å². The second-order valence-corrected chi connectivity index (χ2v) is 6.96. The molecule has 0 saturated carbocycles. The van der Waals surface area contributed by atoms with Crippen LogP contribution < -0.4 is 4.90 Å². The van der Waals surface area contributed by atoms with Crippen molar-refractivity contribution in [2.75, 3.05) is 4.90 Å². The van der Waals surface area contributed by atoms with Crippen LogP contribution in [0.2, 0.25) is 5.02 Å². The van der Waals surface area contributed by atoms with Crippen LogP contribution in [-0.4, -0.2) is 11.7 Å². The molecule has 26 heavy (non-hydrogen) atoms. The second-order valence-electron chi connectivity index (χ2n) is 5.60. The van der Waals surface area contributed by atoms with Crippen LogP contribution in [0.15, 0.2) is 86.5 Å². The number of benzene rings is 2. The molecule has 1 aliphatic rings. The van der Waals surface area contributed by atoms with Gasteiger partial charge in [0.05, 0.1) is 12.0 Å². The molecule has 128 valence electrons. The summed E-state index contributed by atoms with van der Waals surface area (Å²) < 4.78 is 6.27. The van der Waals surface area contributed by atoms with Crippen molar-refractivity contribution in [1.82, 2.24) is 0 Å². The zero-order chi connectivity index (χ0) is 18.1. The second kappa shape index (κ2) is 6.94. The lowest BCUT2D eigenvalue weighted by Crippen LogP contribution is -2.32. The summed E-state index contributed by atoms with van der Waals surface area (Å²) in [7, 11) is 0. The number of furan rings is 1. The molecular weight excluding hydrogens is 416 g/mol. The highest BCUT2D eigenvalue weighted by molar-refractivity contribution is 9.10. The maximum atomic E-state index is 13.0. The Bertz CT molecular complexity index is 1010. The van der Waals surface area contributed by atoms with Crippen LogP contribution in [0.25, 0.3) is 6.08 Å². The summed E-state index contributed by atoms with van der Waals surface area (Å²) in [5.41, 5.74) is 1.84. The molecule has 0 aliphatic carbocycles. The lowest BCUT2D eigenvalue weighted by atomic mass is 10.2. The Labute approximate surface area is 163 Å². The van der Waals surface area contributed by atoms with Crippen LogP contribution >= 0.6 is 27.5 Å². The molecule has 0 unspecified atom stereocenters. The number of amidine groups is 1. The van der Waals surface area contributed by atoms with Crippen molar-refractivity contribution in [3.8, 4) is 0 Å². The van der Waals surface area contributed by atoms with Gasteiger partial charge in [-0.3, -0.25) is 9.69 Å². The minimum Gasteiger partial charge on any atom is -0.465 e. The topological polar surface area (TPSA) is 45.8 Å². The van der Waals surface area contributed by atoms with E-state index in [4.69, 9.17) is 16.0 Å². The van der Waals surface area contributed by atoms with Gasteiger partial charge in [-0.25, -0.2) is 4.99 Å². The van der Waals surface area contributed by atoms with Gasteiger partial charge in [0.2, 0.25) is 0 Å². The molecule has 0 saturated heterocycles. The molecule has 0 fully saturated rings. The Balaban J connectivity index is 1.82. The highest BCUT2D eigenvalue weighted by Crippen LogP contribution is 2.29. The largest absolute Gasteiger partial charge is 0.465 e.